The largest absolute Gasteiger partial charge is 0.497 e. The Morgan fingerprint density at radius 1 is 1.10 bits per heavy atom. The van der Waals surface area contributed by atoms with E-state index in [9.17, 15) is 4.39 Å². The van der Waals surface area contributed by atoms with Crippen LogP contribution in [0.5, 0.6) is 5.75 Å². The van der Waals surface area contributed by atoms with Gasteiger partial charge in [-0.2, -0.15) is 15.5 Å². The van der Waals surface area contributed by atoms with Crippen LogP contribution in [-0.2, 0) is 0 Å². The van der Waals surface area contributed by atoms with Gasteiger partial charge in [0, 0.05) is 11.6 Å². The van der Waals surface area contributed by atoms with Crippen LogP contribution in [0, 0.1) is 17.1 Å². The summed E-state index contributed by atoms with van der Waals surface area (Å²) in [5, 5.41) is 16.3. The molecular weight excluding hydrogens is 269 g/mol. The van der Waals surface area contributed by atoms with Crippen LogP contribution in [0.2, 0.25) is 0 Å². The third kappa shape index (κ3) is 3.98. The molecule has 0 spiro atoms. The molecule has 0 aliphatic heterocycles. The summed E-state index contributed by atoms with van der Waals surface area (Å²) in [7, 11) is 1.48. The van der Waals surface area contributed by atoms with E-state index >= 15 is 0 Å². The van der Waals surface area contributed by atoms with Crippen LogP contribution in [-0.4, -0.2) is 19.5 Å². The zero-order chi connectivity index (χ0) is 15.1. The number of hydrogen-bond donors (Lipinski definition) is 0. The molecule has 0 aliphatic rings. The van der Waals surface area contributed by atoms with E-state index < -0.39 is 5.82 Å². The second-order valence-electron chi connectivity index (χ2n) is 4.11. The number of nitrogens with zero attached hydrogens (tertiary/aromatic N) is 3. The van der Waals surface area contributed by atoms with E-state index in [0.717, 1.165) is 5.56 Å². The minimum Gasteiger partial charge on any atom is -0.497 e. The summed E-state index contributed by atoms with van der Waals surface area (Å²) in [5.74, 6) is 0.0254. The smallest absolute Gasteiger partial charge is 0.135 e. The fraction of sp³-hybridized carbons (Fsp3) is 0.0625. The monoisotopic (exact) mass is 281 g/mol. The van der Waals surface area contributed by atoms with Crippen LogP contribution in [0.15, 0.2) is 52.7 Å². The highest BCUT2D eigenvalue weighted by atomic mass is 19.1. The first-order valence-corrected chi connectivity index (χ1v) is 6.13. The van der Waals surface area contributed by atoms with Gasteiger partial charge in [0.25, 0.3) is 0 Å². The van der Waals surface area contributed by atoms with Crippen molar-refractivity contribution in [2.45, 2.75) is 0 Å². The molecule has 4 nitrogen and oxygen atoms in total. The third-order valence-electron chi connectivity index (χ3n) is 2.72. The molecule has 2 rings (SSSR count). The van der Waals surface area contributed by atoms with Crippen molar-refractivity contribution in [3.63, 3.8) is 0 Å². The third-order valence-corrected chi connectivity index (χ3v) is 2.72. The van der Waals surface area contributed by atoms with Crippen LogP contribution in [0.25, 0.3) is 0 Å². The predicted molar refractivity (Wildman–Crippen MR) is 79.3 cm³/mol. The number of hydrogen-bond acceptors (Lipinski definition) is 4. The molecule has 2 aromatic carbocycles. The number of nitriles is 1. The van der Waals surface area contributed by atoms with E-state index in [1.165, 1.54) is 25.6 Å². The summed E-state index contributed by atoms with van der Waals surface area (Å²) in [6.07, 6.45) is 2.86. The first kappa shape index (κ1) is 14.4. The van der Waals surface area contributed by atoms with E-state index in [0.29, 0.717) is 16.9 Å². The molecule has 0 fully saturated rings. The molecule has 0 atom stereocenters. The highest BCUT2D eigenvalue weighted by Crippen LogP contribution is 2.14. The maximum atomic E-state index is 13.6. The van der Waals surface area contributed by atoms with Gasteiger partial charge >= 0.3 is 0 Å². The number of ether oxygens (including phenoxy) is 1. The van der Waals surface area contributed by atoms with Crippen molar-refractivity contribution in [1.82, 2.24) is 0 Å². The van der Waals surface area contributed by atoms with Crippen molar-refractivity contribution in [3.05, 3.63) is 65.0 Å². The fourth-order valence-electron chi connectivity index (χ4n) is 1.58. The Kier molecular flexibility index (Phi) is 4.78. The summed E-state index contributed by atoms with van der Waals surface area (Å²) >= 11 is 0. The maximum absolute atomic E-state index is 13.6. The van der Waals surface area contributed by atoms with Crippen LogP contribution in [0.4, 0.5) is 4.39 Å². The predicted octanol–water partition coefficient (Wildman–Crippen LogP) is 3.16. The second kappa shape index (κ2) is 6.96. The first-order valence-electron chi connectivity index (χ1n) is 6.13. The van der Waals surface area contributed by atoms with E-state index in [1.54, 1.807) is 36.4 Å². The van der Waals surface area contributed by atoms with Gasteiger partial charge in [0.2, 0.25) is 0 Å². The standard InChI is InChI=1S/C16H12FN3O/c1-21-15-7-6-14(16(17)8-15)11-20-19-10-13-4-2-12(9-18)3-5-13/h2-8,10-11H,1H3. The molecule has 0 amide bonds. The lowest BCUT2D eigenvalue weighted by atomic mass is 10.2. The van der Waals surface area contributed by atoms with Crippen molar-refractivity contribution in [1.29, 1.82) is 5.26 Å². The van der Waals surface area contributed by atoms with Gasteiger partial charge in [-0.1, -0.05) is 12.1 Å². The highest BCUT2D eigenvalue weighted by molar-refractivity contribution is 5.83. The Bertz CT molecular complexity index is 715. The lowest BCUT2D eigenvalue weighted by Gasteiger charge is -2.00. The second-order valence-corrected chi connectivity index (χ2v) is 4.11. The molecule has 0 bridgehead atoms. The summed E-state index contributed by atoms with van der Waals surface area (Å²) < 4.78 is 18.5. The summed E-state index contributed by atoms with van der Waals surface area (Å²) in [6, 6.07) is 13.4. The Morgan fingerprint density at radius 2 is 1.81 bits per heavy atom. The number of benzene rings is 2. The van der Waals surface area contributed by atoms with Gasteiger partial charge in [-0.05, 0) is 29.8 Å². The van der Waals surface area contributed by atoms with Crippen LogP contribution >= 0.6 is 0 Å². The average Bonchev–Trinajstić information content (AvgIpc) is 2.53. The van der Waals surface area contributed by atoms with Gasteiger partial charge in [-0.25, -0.2) is 4.39 Å². The summed E-state index contributed by atoms with van der Waals surface area (Å²) in [5.41, 5.74) is 1.71. The number of halogens is 1. The van der Waals surface area contributed by atoms with Gasteiger partial charge in [0.1, 0.15) is 11.6 Å². The van der Waals surface area contributed by atoms with Gasteiger partial charge in [-0.3, -0.25) is 0 Å². The molecular formula is C16H12FN3O. The Balaban J connectivity index is 2.04. The lowest BCUT2D eigenvalue weighted by molar-refractivity contribution is 0.411. The molecule has 0 saturated heterocycles. The molecule has 0 saturated carbocycles. The molecule has 0 radical (unpaired) electrons. The normalized spacial score (nSPS) is 10.9. The molecule has 0 aromatic heterocycles. The van der Waals surface area contributed by atoms with Gasteiger partial charge in [-0.15, -0.1) is 0 Å². The Hall–Kier alpha value is -3.00. The van der Waals surface area contributed by atoms with Crippen LogP contribution in [0.3, 0.4) is 0 Å². The molecule has 0 N–H and O–H groups in total. The molecule has 21 heavy (non-hydrogen) atoms. The number of methoxy groups -OCH3 is 1. The Morgan fingerprint density at radius 3 is 2.43 bits per heavy atom. The SMILES string of the molecule is COc1ccc(C=NN=Cc2ccc(C#N)cc2)c(F)c1. The van der Waals surface area contributed by atoms with Crippen LogP contribution < -0.4 is 4.74 Å². The fourth-order valence-corrected chi connectivity index (χ4v) is 1.58. The van der Waals surface area contributed by atoms with Gasteiger partial charge < -0.3 is 4.74 Å². The molecule has 0 heterocycles. The summed E-state index contributed by atoms with van der Waals surface area (Å²) in [6.45, 7) is 0. The maximum Gasteiger partial charge on any atom is 0.135 e. The molecule has 5 heteroatoms. The quantitative estimate of drug-likeness (QED) is 0.638. The van der Waals surface area contributed by atoms with E-state index in [2.05, 4.69) is 10.2 Å². The molecule has 104 valence electrons. The first-order chi connectivity index (χ1) is 10.2. The van der Waals surface area contributed by atoms with E-state index in [-0.39, 0.29) is 0 Å². The summed E-state index contributed by atoms with van der Waals surface area (Å²) in [4.78, 5) is 0. The van der Waals surface area contributed by atoms with Crippen molar-refractivity contribution < 1.29 is 9.13 Å². The van der Waals surface area contributed by atoms with Crippen molar-refractivity contribution in [2.75, 3.05) is 7.11 Å². The zero-order valence-corrected chi connectivity index (χ0v) is 11.3. The van der Waals surface area contributed by atoms with Crippen molar-refractivity contribution in [3.8, 4) is 11.8 Å². The van der Waals surface area contributed by atoms with Crippen molar-refractivity contribution in [2.24, 2.45) is 10.2 Å². The van der Waals surface area contributed by atoms with Gasteiger partial charge in [0.15, 0.2) is 0 Å². The minimum atomic E-state index is -0.424. The topological polar surface area (TPSA) is 57.7 Å². The lowest BCUT2D eigenvalue weighted by Crippen LogP contribution is -1.90. The Labute approximate surface area is 121 Å². The zero-order valence-electron chi connectivity index (χ0n) is 11.3. The van der Waals surface area contributed by atoms with Gasteiger partial charge in [0.05, 0.1) is 31.2 Å². The number of rotatable bonds is 4. The van der Waals surface area contributed by atoms with Crippen molar-refractivity contribution >= 4 is 12.4 Å². The van der Waals surface area contributed by atoms with Crippen LogP contribution in [0.1, 0.15) is 16.7 Å². The highest BCUT2D eigenvalue weighted by Gasteiger charge is 2.00. The van der Waals surface area contributed by atoms with E-state index in [4.69, 9.17) is 10.00 Å². The minimum absolute atomic E-state index is 0.327. The van der Waals surface area contributed by atoms with E-state index in [1.807, 2.05) is 6.07 Å². The average molecular weight is 281 g/mol. The molecule has 0 unspecified atom stereocenters. The molecule has 0 aliphatic carbocycles. The molecule has 2 aromatic rings.